The summed E-state index contributed by atoms with van der Waals surface area (Å²) in [6, 6.07) is -5.05. The fourth-order valence-electron chi connectivity index (χ4n) is 2.18. The number of carbonyl (C=O) groups is 5. The largest absolute Gasteiger partial charge is 0.481 e. The van der Waals surface area contributed by atoms with Gasteiger partial charge in [-0.3, -0.25) is 24.2 Å². The zero-order valence-electron chi connectivity index (χ0n) is 16.9. The van der Waals surface area contributed by atoms with Gasteiger partial charge in [-0.05, 0) is 19.8 Å². The van der Waals surface area contributed by atoms with Crippen LogP contribution in [0.3, 0.4) is 0 Å². The number of rotatable bonds is 14. The van der Waals surface area contributed by atoms with Gasteiger partial charge in [-0.2, -0.15) is 12.6 Å². The van der Waals surface area contributed by atoms with Crippen LogP contribution in [0.25, 0.3) is 0 Å². The lowest BCUT2D eigenvalue weighted by atomic mass is 10.1. The molecule has 0 spiro atoms. The highest BCUT2D eigenvalue weighted by molar-refractivity contribution is 7.80. The average Bonchev–Trinajstić information content (AvgIpc) is 2.67. The fraction of sp³-hybridized carbons (Fsp3) is 0.625. The summed E-state index contributed by atoms with van der Waals surface area (Å²) in [6.45, 7) is 1.43. The summed E-state index contributed by atoms with van der Waals surface area (Å²) >= 11 is 3.85. The van der Waals surface area contributed by atoms with Crippen molar-refractivity contribution in [3.63, 3.8) is 0 Å². The van der Waals surface area contributed by atoms with Crippen molar-refractivity contribution in [1.82, 2.24) is 16.0 Å². The minimum absolute atomic E-state index is 0.0256. The highest BCUT2D eigenvalue weighted by Gasteiger charge is 2.29. The van der Waals surface area contributed by atoms with E-state index in [1.807, 2.05) is 0 Å². The maximum atomic E-state index is 12.4. The number of nitrogens with two attached hydrogens (primary N) is 3. The predicted molar refractivity (Wildman–Crippen MR) is 113 cm³/mol. The van der Waals surface area contributed by atoms with E-state index in [9.17, 15) is 29.1 Å². The molecule has 14 nitrogen and oxygen atoms in total. The molecule has 0 saturated heterocycles. The van der Waals surface area contributed by atoms with Crippen molar-refractivity contribution in [2.75, 3.05) is 12.3 Å². The number of amides is 3. The number of hydrogen-bond acceptors (Lipinski definition) is 8. The second kappa shape index (κ2) is 14.0. The predicted octanol–water partition coefficient (Wildman–Crippen LogP) is -3.67. The first kappa shape index (κ1) is 27.9. The van der Waals surface area contributed by atoms with Crippen LogP contribution in [0.2, 0.25) is 0 Å². The Balaban J connectivity index is 4.97. The van der Waals surface area contributed by atoms with Gasteiger partial charge in [0.25, 0.3) is 0 Å². The average molecular weight is 464 g/mol. The van der Waals surface area contributed by atoms with Gasteiger partial charge in [0, 0.05) is 12.3 Å². The number of carboxylic acid groups (broad SMARTS) is 2. The Morgan fingerprint density at radius 2 is 1.55 bits per heavy atom. The van der Waals surface area contributed by atoms with Crippen molar-refractivity contribution in [3.05, 3.63) is 0 Å². The molecule has 0 rings (SSSR count). The van der Waals surface area contributed by atoms with E-state index < -0.39 is 60.2 Å². The first-order chi connectivity index (χ1) is 14.4. The molecule has 0 aromatic heterocycles. The summed E-state index contributed by atoms with van der Waals surface area (Å²) in [5, 5.41) is 24.9. The third-order valence-corrected chi connectivity index (χ3v) is 4.25. The van der Waals surface area contributed by atoms with E-state index in [0.29, 0.717) is 0 Å². The molecule has 4 unspecified atom stereocenters. The molecule has 0 heterocycles. The van der Waals surface area contributed by atoms with Crippen molar-refractivity contribution in [3.8, 4) is 0 Å². The van der Waals surface area contributed by atoms with E-state index >= 15 is 0 Å². The van der Waals surface area contributed by atoms with Crippen LogP contribution in [-0.4, -0.2) is 82.3 Å². The van der Waals surface area contributed by atoms with Crippen molar-refractivity contribution in [2.24, 2.45) is 22.2 Å². The third-order valence-electron chi connectivity index (χ3n) is 3.86. The quantitative estimate of drug-likeness (QED) is 0.0528. The highest BCUT2D eigenvalue weighted by atomic mass is 32.1. The van der Waals surface area contributed by atoms with Gasteiger partial charge >= 0.3 is 11.9 Å². The van der Waals surface area contributed by atoms with Crippen LogP contribution in [0.4, 0.5) is 0 Å². The van der Waals surface area contributed by atoms with Gasteiger partial charge in [-0.1, -0.05) is 0 Å². The topological polar surface area (TPSA) is 252 Å². The lowest BCUT2D eigenvalue weighted by Crippen LogP contribution is -2.57. The van der Waals surface area contributed by atoms with E-state index in [0.717, 1.165) is 0 Å². The molecule has 0 bridgehead atoms. The van der Waals surface area contributed by atoms with Crippen LogP contribution in [-0.2, 0) is 24.0 Å². The summed E-state index contributed by atoms with van der Waals surface area (Å²) in [7, 11) is 0. The number of carboxylic acids is 2. The summed E-state index contributed by atoms with van der Waals surface area (Å²) in [6.07, 6.45) is -0.459. The van der Waals surface area contributed by atoms with Crippen molar-refractivity contribution >= 4 is 48.2 Å². The first-order valence-electron chi connectivity index (χ1n) is 9.16. The number of nitrogens with one attached hydrogen (secondary N) is 3. The van der Waals surface area contributed by atoms with Gasteiger partial charge in [-0.15, -0.1) is 0 Å². The summed E-state index contributed by atoms with van der Waals surface area (Å²) in [5.74, 6) is -5.42. The number of guanidine groups is 1. The number of aliphatic carboxylic acids is 2. The van der Waals surface area contributed by atoms with Crippen LogP contribution in [0.15, 0.2) is 4.99 Å². The van der Waals surface area contributed by atoms with Gasteiger partial charge in [0.2, 0.25) is 17.7 Å². The Morgan fingerprint density at radius 3 is 2.03 bits per heavy atom. The number of thiol groups is 1. The van der Waals surface area contributed by atoms with Gasteiger partial charge in [0.1, 0.15) is 18.1 Å². The lowest BCUT2D eigenvalue weighted by Gasteiger charge is -2.22. The minimum atomic E-state index is -1.50. The molecular formula is C16H29N7O7S. The summed E-state index contributed by atoms with van der Waals surface area (Å²) in [5.41, 5.74) is 15.8. The fourth-order valence-corrected chi connectivity index (χ4v) is 2.35. The zero-order chi connectivity index (χ0) is 24.1. The molecule has 0 fully saturated rings. The lowest BCUT2D eigenvalue weighted by molar-refractivity contribution is -0.143. The molecule has 31 heavy (non-hydrogen) atoms. The van der Waals surface area contributed by atoms with Crippen LogP contribution >= 0.6 is 12.6 Å². The Labute approximate surface area is 183 Å². The van der Waals surface area contributed by atoms with Crippen molar-refractivity contribution in [2.45, 2.75) is 50.4 Å². The van der Waals surface area contributed by atoms with E-state index in [2.05, 4.69) is 33.6 Å². The SMILES string of the molecule is CC(NC(=O)C(CC(=O)O)NC(=O)C(N)CS)C(=O)NC(CCCN=C(N)N)C(=O)O. The summed E-state index contributed by atoms with van der Waals surface area (Å²) < 4.78 is 0. The van der Waals surface area contributed by atoms with Gasteiger partial charge in [-0.25, -0.2) is 4.79 Å². The van der Waals surface area contributed by atoms with Gasteiger partial charge in [0.05, 0.1) is 12.5 Å². The second-order valence-electron chi connectivity index (χ2n) is 6.53. The Kier molecular flexibility index (Phi) is 12.6. The molecular weight excluding hydrogens is 434 g/mol. The molecule has 4 atom stereocenters. The standard InChI is InChI=1S/C16H29N7O7S/c1-7(12(26)22-9(15(29)30)3-2-4-20-16(18)19)21-14(28)10(5-11(24)25)23-13(27)8(17)6-31/h7-10,31H,2-6,17H2,1H3,(H,21,28)(H,22,26)(H,23,27)(H,24,25)(H,29,30)(H4,18,19,20). The van der Waals surface area contributed by atoms with E-state index in [1.165, 1.54) is 6.92 Å². The first-order valence-corrected chi connectivity index (χ1v) is 9.79. The zero-order valence-corrected chi connectivity index (χ0v) is 17.8. The Hall–Kier alpha value is -3.07. The Bertz CT molecular complexity index is 700. The second-order valence-corrected chi connectivity index (χ2v) is 6.89. The smallest absolute Gasteiger partial charge is 0.326 e. The molecule has 0 aromatic rings. The van der Waals surface area contributed by atoms with Crippen LogP contribution < -0.4 is 33.2 Å². The molecule has 0 aliphatic carbocycles. The molecule has 15 heteroatoms. The highest BCUT2D eigenvalue weighted by Crippen LogP contribution is 2.01. The molecule has 0 saturated carbocycles. The molecule has 0 aliphatic heterocycles. The summed E-state index contributed by atoms with van der Waals surface area (Å²) in [4.78, 5) is 62.5. The van der Waals surface area contributed by atoms with E-state index in [4.69, 9.17) is 22.3 Å². The third kappa shape index (κ3) is 11.6. The molecule has 0 aromatic carbocycles. The molecule has 176 valence electrons. The molecule has 0 aliphatic rings. The van der Waals surface area contributed by atoms with E-state index in [1.54, 1.807) is 0 Å². The number of nitrogens with zero attached hydrogens (tertiary/aromatic N) is 1. The minimum Gasteiger partial charge on any atom is -0.481 e. The van der Waals surface area contributed by atoms with Gasteiger partial charge < -0.3 is 43.4 Å². The molecule has 0 radical (unpaired) electrons. The van der Waals surface area contributed by atoms with Gasteiger partial charge in [0.15, 0.2) is 5.96 Å². The van der Waals surface area contributed by atoms with E-state index in [-0.39, 0.29) is 31.1 Å². The molecule has 11 N–H and O–H groups in total. The van der Waals surface area contributed by atoms with Crippen molar-refractivity contribution < 1.29 is 34.2 Å². The monoisotopic (exact) mass is 463 g/mol. The number of hydrogen-bond donors (Lipinski definition) is 9. The number of aliphatic imine (C=N–C) groups is 1. The van der Waals surface area contributed by atoms with Crippen LogP contribution in [0, 0.1) is 0 Å². The van der Waals surface area contributed by atoms with Crippen LogP contribution in [0.5, 0.6) is 0 Å². The Morgan fingerprint density at radius 1 is 0.968 bits per heavy atom. The number of carbonyl (C=O) groups excluding carboxylic acids is 3. The van der Waals surface area contributed by atoms with Crippen LogP contribution in [0.1, 0.15) is 26.2 Å². The maximum Gasteiger partial charge on any atom is 0.326 e. The van der Waals surface area contributed by atoms with Crippen molar-refractivity contribution in [1.29, 1.82) is 0 Å². The molecule has 3 amide bonds. The normalized spacial score (nSPS) is 14.3. The maximum absolute atomic E-state index is 12.4.